The van der Waals surface area contributed by atoms with Crippen LogP contribution in [-0.2, 0) is 16.4 Å². The summed E-state index contributed by atoms with van der Waals surface area (Å²) in [5.41, 5.74) is 0.961. The minimum atomic E-state index is -3.68. The van der Waals surface area contributed by atoms with Crippen LogP contribution in [0.25, 0.3) is 0 Å². The number of hydrogen-bond acceptors (Lipinski definition) is 5. The van der Waals surface area contributed by atoms with Crippen molar-refractivity contribution in [1.82, 2.24) is 9.71 Å². The molecule has 1 aromatic heterocycles. The summed E-state index contributed by atoms with van der Waals surface area (Å²) < 4.78 is 37.6. The first kappa shape index (κ1) is 16.3. The molecule has 118 valence electrons. The van der Waals surface area contributed by atoms with E-state index in [-0.39, 0.29) is 17.2 Å². The zero-order chi connectivity index (χ0) is 16.0. The van der Waals surface area contributed by atoms with Gasteiger partial charge in [-0.15, -0.1) is 0 Å². The molecule has 0 unspecified atom stereocenters. The molecule has 0 aliphatic rings. The van der Waals surface area contributed by atoms with E-state index in [1.165, 1.54) is 20.3 Å². The minimum Gasteiger partial charge on any atom is -0.497 e. The molecular formula is C15H18N2O4S. The Labute approximate surface area is 130 Å². The van der Waals surface area contributed by atoms with Gasteiger partial charge in [-0.1, -0.05) is 6.07 Å². The second-order valence-electron chi connectivity index (χ2n) is 4.53. The molecule has 22 heavy (non-hydrogen) atoms. The van der Waals surface area contributed by atoms with E-state index in [1.807, 2.05) is 12.1 Å². The van der Waals surface area contributed by atoms with Crippen LogP contribution in [-0.4, -0.2) is 34.2 Å². The van der Waals surface area contributed by atoms with Gasteiger partial charge < -0.3 is 9.47 Å². The van der Waals surface area contributed by atoms with Crippen LogP contribution in [0.15, 0.2) is 47.6 Å². The molecule has 2 rings (SSSR count). The van der Waals surface area contributed by atoms with Crippen molar-refractivity contribution in [3.8, 4) is 11.5 Å². The predicted octanol–water partition coefficient (Wildman–Crippen LogP) is 1.62. The maximum Gasteiger partial charge on any atom is 0.244 e. The lowest BCUT2D eigenvalue weighted by atomic mass is 10.2. The Kier molecular flexibility index (Phi) is 5.35. The van der Waals surface area contributed by atoms with Crippen molar-refractivity contribution in [2.75, 3.05) is 20.8 Å². The molecule has 0 radical (unpaired) electrons. The number of ether oxygens (including phenoxy) is 2. The predicted molar refractivity (Wildman–Crippen MR) is 82.7 cm³/mol. The van der Waals surface area contributed by atoms with Crippen LogP contribution in [0.4, 0.5) is 0 Å². The SMILES string of the molecule is COc1ccc(OC)c(S(=O)(=O)NCCc2cccnc2)c1. The molecule has 0 atom stereocenters. The van der Waals surface area contributed by atoms with Crippen molar-refractivity contribution in [2.45, 2.75) is 11.3 Å². The van der Waals surface area contributed by atoms with E-state index in [2.05, 4.69) is 9.71 Å². The lowest BCUT2D eigenvalue weighted by Crippen LogP contribution is -2.26. The standard InChI is InChI=1S/C15H18N2O4S/c1-20-13-5-6-14(21-2)15(10-13)22(18,19)17-9-7-12-4-3-8-16-11-12/h3-6,8,10-11,17H,7,9H2,1-2H3. The van der Waals surface area contributed by atoms with Crippen LogP contribution in [0.5, 0.6) is 11.5 Å². The summed E-state index contributed by atoms with van der Waals surface area (Å²) in [6.45, 7) is 0.272. The van der Waals surface area contributed by atoms with Gasteiger partial charge in [0.05, 0.1) is 14.2 Å². The molecule has 6 nitrogen and oxygen atoms in total. The van der Waals surface area contributed by atoms with Crippen LogP contribution >= 0.6 is 0 Å². The van der Waals surface area contributed by atoms with Gasteiger partial charge in [0.25, 0.3) is 0 Å². The zero-order valence-electron chi connectivity index (χ0n) is 12.4. The number of pyridine rings is 1. The van der Waals surface area contributed by atoms with Gasteiger partial charge in [-0.05, 0) is 30.2 Å². The summed E-state index contributed by atoms with van der Waals surface area (Å²) in [5.74, 6) is 0.725. The molecule has 0 aliphatic heterocycles. The maximum atomic E-state index is 12.4. The lowest BCUT2D eigenvalue weighted by molar-refractivity contribution is 0.392. The Morgan fingerprint density at radius 2 is 2.00 bits per heavy atom. The second-order valence-corrected chi connectivity index (χ2v) is 6.26. The molecule has 0 saturated heterocycles. The molecule has 2 aromatic rings. The minimum absolute atomic E-state index is 0.0561. The van der Waals surface area contributed by atoms with E-state index in [0.717, 1.165) is 5.56 Å². The highest BCUT2D eigenvalue weighted by atomic mass is 32.2. The molecule has 0 bridgehead atoms. The first-order chi connectivity index (χ1) is 10.6. The molecule has 0 saturated carbocycles. The molecule has 0 aliphatic carbocycles. The van der Waals surface area contributed by atoms with Gasteiger partial charge in [-0.3, -0.25) is 4.98 Å². The summed E-state index contributed by atoms with van der Waals surface area (Å²) >= 11 is 0. The van der Waals surface area contributed by atoms with Crippen LogP contribution in [0.1, 0.15) is 5.56 Å². The molecular weight excluding hydrogens is 304 g/mol. The molecule has 0 spiro atoms. The Morgan fingerprint density at radius 1 is 1.18 bits per heavy atom. The number of aromatic nitrogens is 1. The Bertz CT molecular complexity index is 718. The van der Waals surface area contributed by atoms with Gasteiger partial charge in [-0.25, -0.2) is 13.1 Å². The molecule has 1 N–H and O–H groups in total. The van der Waals surface area contributed by atoms with Gasteiger partial charge >= 0.3 is 0 Å². The number of rotatable bonds is 7. The summed E-state index contributed by atoms with van der Waals surface area (Å²) in [5, 5.41) is 0. The Hall–Kier alpha value is -2.12. The van der Waals surface area contributed by atoms with Gasteiger partial charge in [0.1, 0.15) is 16.4 Å². The fourth-order valence-electron chi connectivity index (χ4n) is 1.95. The number of nitrogens with one attached hydrogen (secondary N) is 1. The fraction of sp³-hybridized carbons (Fsp3) is 0.267. The normalized spacial score (nSPS) is 11.2. The number of nitrogens with zero attached hydrogens (tertiary/aromatic N) is 1. The number of benzene rings is 1. The van der Waals surface area contributed by atoms with Gasteiger partial charge in [0.15, 0.2) is 0 Å². The third kappa shape index (κ3) is 3.96. The van der Waals surface area contributed by atoms with Crippen LogP contribution in [0, 0.1) is 0 Å². The van der Waals surface area contributed by atoms with Crippen molar-refractivity contribution >= 4 is 10.0 Å². The van der Waals surface area contributed by atoms with Gasteiger partial charge in [-0.2, -0.15) is 0 Å². The van der Waals surface area contributed by atoms with Crippen molar-refractivity contribution in [2.24, 2.45) is 0 Å². The number of methoxy groups -OCH3 is 2. The first-order valence-corrected chi connectivity index (χ1v) is 8.16. The van der Waals surface area contributed by atoms with E-state index >= 15 is 0 Å². The van der Waals surface area contributed by atoms with Gasteiger partial charge in [0, 0.05) is 25.0 Å². The van der Waals surface area contributed by atoms with Crippen molar-refractivity contribution in [1.29, 1.82) is 0 Å². The third-order valence-electron chi connectivity index (χ3n) is 3.09. The molecule has 7 heteroatoms. The lowest BCUT2D eigenvalue weighted by Gasteiger charge is -2.12. The topological polar surface area (TPSA) is 77.5 Å². The van der Waals surface area contributed by atoms with E-state index in [1.54, 1.807) is 24.5 Å². The highest BCUT2D eigenvalue weighted by Crippen LogP contribution is 2.27. The second kappa shape index (κ2) is 7.24. The molecule has 1 aromatic carbocycles. The molecule has 1 heterocycles. The van der Waals surface area contributed by atoms with Crippen LogP contribution in [0.2, 0.25) is 0 Å². The van der Waals surface area contributed by atoms with Gasteiger partial charge in [0.2, 0.25) is 10.0 Å². The molecule has 0 amide bonds. The van der Waals surface area contributed by atoms with Crippen molar-refractivity contribution in [3.05, 3.63) is 48.3 Å². The fourth-order valence-corrected chi connectivity index (χ4v) is 3.16. The van der Waals surface area contributed by atoms with Crippen LogP contribution < -0.4 is 14.2 Å². The van der Waals surface area contributed by atoms with E-state index in [0.29, 0.717) is 12.2 Å². The first-order valence-electron chi connectivity index (χ1n) is 6.67. The van der Waals surface area contributed by atoms with Crippen LogP contribution in [0.3, 0.4) is 0 Å². The van der Waals surface area contributed by atoms with E-state index in [4.69, 9.17) is 9.47 Å². The third-order valence-corrected chi connectivity index (χ3v) is 4.57. The Morgan fingerprint density at radius 3 is 2.64 bits per heavy atom. The average molecular weight is 322 g/mol. The smallest absolute Gasteiger partial charge is 0.244 e. The monoisotopic (exact) mass is 322 g/mol. The number of sulfonamides is 1. The van der Waals surface area contributed by atoms with E-state index < -0.39 is 10.0 Å². The highest BCUT2D eigenvalue weighted by Gasteiger charge is 2.20. The number of hydrogen-bond donors (Lipinski definition) is 1. The average Bonchev–Trinajstić information content (AvgIpc) is 2.55. The summed E-state index contributed by atoms with van der Waals surface area (Å²) in [7, 11) is -0.774. The summed E-state index contributed by atoms with van der Waals surface area (Å²) in [4.78, 5) is 4.05. The Balaban J connectivity index is 2.13. The maximum absolute atomic E-state index is 12.4. The summed E-state index contributed by atoms with van der Waals surface area (Å²) in [6, 6.07) is 8.36. The van der Waals surface area contributed by atoms with E-state index in [9.17, 15) is 8.42 Å². The largest absolute Gasteiger partial charge is 0.497 e. The van der Waals surface area contributed by atoms with Crippen molar-refractivity contribution in [3.63, 3.8) is 0 Å². The zero-order valence-corrected chi connectivity index (χ0v) is 13.3. The quantitative estimate of drug-likeness (QED) is 0.838. The summed E-state index contributed by atoms with van der Waals surface area (Å²) in [6.07, 6.45) is 3.94. The highest BCUT2D eigenvalue weighted by molar-refractivity contribution is 7.89. The van der Waals surface area contributed by atoms with Crippen molar-refractivity contribution < 1.29 is 17.9 Å². The molecule has 0 fully saturated rings.